The van der Waals surface area contributed by atoms with Gasteiger partial charge < -0.3 is 19.7 Å². The average molecular weight is 517 g/mol. The lowest BCUT2D eigenvalue weighted by atomic mass is 10.1. The molecular weight excluding hydrogens is 497 g/mol. The minimum absolute atomic E-state index is 0.00963. The van der Waals surface area contributed by atoms with Crippen LogP contribution in [0.4, 0.5) is 5.69 Å². The van der Waals surface area contributed by atoms with Crippen LogP contribution in [0.25, 0.3) is 0 Å². The number of morpholine rings is 1. The molecule has 2 amide bonds. The van der Waals surface area contributed by atoms with Crippen LogP contribution in [0, 0.1) is 6.92 Å². The summed E-state index contributed by atoms with van der Waals surface area (Å²) in [7, 11) is 0. The first-order valence-electron chi connectivity index (χ1n) is 9.60. The van der Waals surface area contributed by atoms with Crippen molar-refractivity contribution in [2.45, 2.75) is 6.92 Å². The van der Waals surface area contributed by atoms with E-state index in [1.54, 1.807) is 36.1 Å². The van der Waals surface area contributed by atoms with Crippen LogP contribution in [0.5, 0.6) is 5.75 Å². The summed E-state index contributed by atoms with van der Waals surface area (Å²) in [5.41, 5.74) is 1.54. The number of nitrogens with zero attached hydrogens (tertiary/aromatic N) is 1. The molecule has 0 aromatic heterocycles. The lowest BCUT2D eigenvalue weighted by molar-refractivity contribution is -0.121. The van der Waals surface area contributed by atoms with Crippen LogP contribution < -0.4 is 15.4 Å². The zero-order valence-electron chi connectivity index (χ0n) is 17.0. The highest BCUT2D eigenvalue weighted by Crippen LogP contribution is 2.31. The highest BCUT2D eigenvalue weighted by molar-refractivity contribution is 7.80. The molecule has 0 unspecified atom stereocenters. The van der Waals surface area contributed by atoms with Crippen LogP contribution in [0.15, 0.2) is 30.3 Å². The van der Waals surface area contributed by atoms with Crippen molar-refractivity contribution in [2.75, 3.05) is 38.2 Å². The van der Waals surface area contributed by atoms with Crippen molar-refractivity contribution in [3.05, 3.63) is 56.5 Å². The molecule has 11 heteroatoms. The van der Waals surface area contributed by atoms with E-state index in [0.717, 1.165) is 0 Å². The van der Waals surface area contributed by atoms with Crippen molar-refractivity contribution in [1.82, 2.24) is 10.2 Å². The maximum atomic E-state index is 12.7. The Morgan fingerprint density at radius 2 is 1.84 bits per heavy atom. The van der Waals surface area contributed by atoms with Crippen LogP contribution in [0.1, 0.15) is 15.9 Å². The molecule has 1 aliphatic rings. The third-order valence-electron chi connectivity index (χ3n) is 4.55. The predicted octanol–water partition coefficient (Wildman–Crippen LogP) is 4.32. The molecule has 1 heterocycles. The van der Waals surface area contributed by atoms with Gasteiger partial charge in [0.15, 0.2) is 11.7 Å². The Hall–Kier alpha value is -2.10. The number of ether oxygens (including phenoxy) is 2. The summed E-state index contributed by atoms with van der Waals surface area (Å²) in [5, 5.41) is 6.48. The molecule has 0 bridgehead atoms. The molecule has 7 nitrogen and oxygen atoms in total. The van der Waals surface area contributed by atoms with Gasteiger partial charge in [-0.1, -0.05) is 34.8 Å². The summed E-state index contributed by atoms with van der Waals surface area (Å²) in [6.45, 7) is 3.51. The van der Waals surface area contributed by atoms with Gasteiger partial charge in [-0.3, -0.25) is 14.9 Å². The molecule has 0 atom stereocenters. The van der Waals surface area contributed by atoms with Crippen molar-refractivity contribution < 1.29 is 19.1 Å². The molecule has 1 saturated heterocycles. The molecular formula is C21H20Cl3N3O4S. The SMILES string of the molecule is Cc1cc(Cl)cc(Cl)c1OCC(=O)NC(=S)Nc1cc(C(=O)N2CCOCC2)ccc1Cl. The predicted molar refractivity (Wildman–Crippen MR) is 129 cm³/mol. The summed E-state index contributed by atoms with van der Waals surface area (Å²) in [5.74, 6) is -0.265. The van der Waals surface area contributed by atoms with Gasteiger partial charge in [-0.15, -0.1) is 0 Å². The van der Waals surface area contributed by atoms with E-state index in [2.05, 4.69) is 10.6 Å². The highest BCUT2D eigenvalue weighted by atomic mass is 35.5. The Morgan fingerprint density at radius 1 is 1.12 bits per heavy atom. The maximum absolute atomic E-state index is 12.7. The van der Waals surface area contributed by atoms with Gasteiger partial charge in [-0.05, 0) is 55.0 Å². The number of thiocarbonyl (C=S) groups is 1. The summed E-state index contributed by atoms with van der Waals surface area (Å²) >= 11 is 23.5. The molecule has 170 valence electrons. The van der Waals surface area contributed by atoms with Gasteiger partial charge in [0.25, 0.3) is 11.8 Å². The first-order valence-corrected chi connectivity index (χ1v) is 11.1. The molecule has 0 spiro atoms. The second-order valence-electron chi connectivity index (χ2n) is 6.92. The fourth-order valence-corrected chi connectivity index (χ4v) is 4.07. The van der Waals surface area contributed by atoms with E-state index >= 15 is 0 Å². The van der Waals surface area contributed by atoms with Crippen LogP contribution in [0.2, 0.25) is 15.1 Å². The molecule has 1 fully saturated rings. The fourth-order valence-electron chi connectivity index (χ4n) is 3.03. The van der Waals surface area contributed by atoms with Crippen molar-refractivity contribution in [1.29, 1.82) is 0 Å². The average Bonchev–Trinajstić information content (AvgIpc) is 2.74. The van der Waals surface area contributed by atoms with Gasteiger partial charge in [0.2, 0.25) is 0 Å². The van der Waals surface area contributed by atoms with E-state index in [-0.39, 0.29) is 17.6 Å². The number of benzene rings is 2. The first-order chi connectivity index (χ1) is 15.2. The van der Waals surface area contributed by atoms with Gasteiger partial charge in [-0.2, -0.15) is 0 Å². The molecule has 2 N–H and O–H groups in total. The highest BCUT2D eigenvalue weighted by Gasteiger charge is 2.20. The minimum Gasteiger partial charge on any atom is -0.482 e. The smallest absolute Gasteiger partial charge is 0.264 e. The number of halogens is 3. The lowest BCUT2D eigenvalue weighted by Gasteiger charge is -2.27. The standard InChI is InChI=1S/C21H20Cl3N3O4S/c1-12-8-14(22)10-16(24)19(12)31-11-18(28)26-21(32)25-17-9-13(2-3-15(17)23)20(29)27-4-6-30-7-5-27/h2-3,8-10H,4-7,11H2,1H3,(H2,25,26,28,32). The minimum atomic E-state index is -0.496. The third kappa shape index (κ3) is 6.46. The monoisotopic (exact) mass is 515 g/mol. The quantitative estimate of drug-likeness (QED) is 0.576. The maximum Gasteiger partial charge on any atom is 0.264 e. The largest absolute Gasteiger partial charge is 0.482 e. The van der Waals surface area contributed by atoms with Crippen LogP contribution in [-0.2, 0) is 9.53 Å². The van der Waals surface area contributed by atoms with Gasteiger partial charge in [0.05, 0.1) is 28.9 Å². The number of aryl methyl sites for hydroxylation is 1. The summed E-state index contributed by atoms with van der Waals surface area (Å²) in [6, 6.07) is 8.03. The van der Waals surface area contributed by atoms with E-state index in [0.29, 0.717) is 63.9 Å². The zero-order chi connectivity index (χ0) is 23.3. The van der Waals surface area contributed by atoms with Crippen LogP contribution >= 0.6 is 47.0 Å². The van der Waals surface area contributed by atoms with Crippen molar-refractivity contribution in [3.63, 3.8) is 0 Å². The Balaban J connectivity index is 1.58. The van der Waals surface area contributed by atoms with Gasteiger partial charge >= 0.3 is 0 Å². The number of nitrogens with one attached hydrogen (secondary N) is 2. The fraction of sp³-hybridized carbons (Fsp3) is 0.286. The van der Waals surface area contributed by atoms with E-state index in [9.17, 15) is 9.59 Å². The Morgan fingerprint density at radius 3 is 2.53 bits per heavy atom. The third-order valence-corrected chi connectivity index (χ3v) is 5.59. The van der Waals surface area contributed by atoms with Crippen molar-refractivity contribution in [3.8, 4) is 5.75 Å². The lowest BCUT2D eigenvalue weighted by Crippen LogP contribution is -2.40. The Labute approximate surface area is 205 Å². The van der Waals surface area contributed by atoms with Crippen LogP contribution in [-0.4, -0.2) is 54.7 Å². The number of amides is 2. The molecule has 1 aliphatic heterocycles. The Bertz CT molecular complexity index is 1020. The molecule has 0 saturated carbocycles. The molecule has 2 aromatic rings. The number of anilines is 1. The van der Waals surface area contributed by atoms with Crippen molar-refractivity contribution in [2.24, 2.45) is 0 Å². The number of carbonyl (C=O) groups excluding carboxylic acids is 2. The molecule has 3 rings (SSSR count). The van der Waals surface area contributed by atoms with Gasteiger partial charge in [0.1, 0.15) is 5.75 Å². The summed E-state index contributed by atoms with van der Waals surface area (Å²) in [4.78, 5) is 26.6. The van der Waals surface area contributed by atoms with E-state index in [1.165, 1.54) is 6.07 Å². The molecule has 2 aromatic carbocycles. The first kappa shape index (κ1) is 24.5. The summed E-state index contributed by atoms with van der Waals surface area (Å²) < 4.78 is 10.8. The normalized spacial score (nSPS) is 13.4. The summed E-state index contributed by atoms with van der Waals surface area (Å²) in [6.07, 6.45) is 0. The topological polar surface area (TPSA) is 79.9 Å². The van der Waals surface area contributed by atoms with E-state index in [4.69, 9.17) is 56.5 Å². The molecule has 0 aliphatic carbocycles. The second kappa shape index (κ2) is 11.2. The number of rotatable bonds is 5. The number of hydrogen-bond donors (Lipinski definition) is 2. The van der Waals surface area contributed by atoms with Gasteiger partial charge in [0, 0.05) is 23.7 Å². The molecule has 32 heavy (non-hydrogen) atoms. The molecule has 0 radical (unpaired) electrons. The zero-order valence-corrected chi connectivity index (χ0v) is 20.1. The van der Waals surface area contributed by atoms with E-state index in [1.807, 2.05) is 0 Å². The number of hydrogen-bond acceptors (Lipinski definition) is 5. The Kier molecular flexibility index (Phi) is 8.56. The number of carbonyl (C=O) groups is 2. The van der Waals surface area contributed by atoms with Crippen LogP contribution in [0.3, 0.4) is 0 Å². The van der Waals surface area contributed by atoms with Gasteiger partial charge in [-0.25, -0.2) is 0 Å². The van der Waals surface area contributed by atoms with Crippen molar-refractivity contribution >= 4 is 69.6 Å². The second-order valence-corrected chi connectivity index (χ2v) is 8.58. The van der Waals surface area contributed by atoms with E-state index < -0.39 is 5.91 Å².